The molecule has 2 aromatic carbocycles. The molecule has 0 aliphatic heterocycles. The summed E-state index contributed by atoms with van der Waals surface area (Å²) in [6, 6.07) is 12.5. The maximum Gasteiger partial charge on any atom is 0.342 e. The van der Waals surface area contributed by atoms with E-state index in [0.29, 0.717) is 23.5 Å². The molecule has 0 aliphatic rings. The molecular weight excluding hydrogens is 339 g/mol. The van der Waals surface area contributed by atoms with Crippen molar-refractivity contribution < 1.29 is 23.1 Å². The van der Waals surface area contributed by atoms with E-state index in [1.165, 1.54) is 24.3 Å². The summed E-state index contributed by atoms with van der Waals surface area (Å²) >= 11 is 0. The molecule has 0 N–H and O–H groups in total. The molecule has 1 heterocycles. The molecule has 6 nitrogen and oxygen atoms in total. The van der Waals surface area contributed by atoms with Crippen LogP contribution in [0.1, 0.15) is 36.2 Å². The monoisotopic (exact) mass is 356 g/mol. The number of aromatic nitrogens is 2. The lowest BCUT2D eigenvalue weighted by molar-refractivity contribution is 0.0276. The third-order valence-corrected chi connectivity index (χ3v) is 3.57. The summed E-state index contributed by atoms with van der Waals surface area (Å²) in [7, 11) is 0. The molecular formula is C19H17FN2O4. The van der Waals surface area contributed by atoms with Gasteiger partial charge >= 0.3 is 5.97 Å². The number of benzene rings is 2. The lowest BCUT2D eigenvalue weighted by atomic mass is 10.2. The number of hydrogen-bond acceptors (Lipinski definition) is 6. The van der Waals surface area contributed by atoms with Crippen LogP contribution in [0, 0.1) is 5.82 Å². The van der Waals surface area contributed by atoms with Gasteiger partial charge in [0.25, 0.3) is 5.89 Å². The quantitative estimate of drug-likeness (QED) is 0.617. The highest BCUT2D eigenvalue weighted by molar-refractivity contribution is 5.92. The number of esters is 1. The van der Waals surface area contributed by atoms with E-state index in [-0.39, 0.29) is 17.6 Å². The average molecular weight is 356 g/mol. The van der Waals surface area contributed by atoms with Gasteiger partial charge in [-0.25, -0.2) is 9.18 Å². The minimum absolute atomic E-state index is 0.145. The van der Waals surface area contributed by atoms with Gasteiger partial charge in [-0.05, 0) is 50.2 Å². The van der Waals surface area contributed by atoms with Crippen LogP contribution in [0.25, 0.3) is 11.5 Å². The van der Waals surface area contributed by atoms with Crippen molar-refractivity contribution in [1.82, 2.24) is 10.2 Å². The van der Waals surface area contributed by atoms with Crippen molar-refractivity contribution in [2.24, 2.45) is 0 Å². The number of ether oxygens (including phenoxy) is 2. The van der Waals surface area contributed by atoms with Crippen LogP contribution >= 0.6 is 0 Å². The second-order valence-corrected chi connectivity index (χ2v) is 5.43. The van der Waals surface area contributed by atoms with Crippen molar-refractivity contribution in [1.29, 1.82) is 0 Å². The topological polar surface area (TPSA) is 74.5 Å². The SMILES string of the molecule is CCOc1ccccc1C(=O)O[C@@H](C)c1nnc(-c2ccc(F)cc2)o1. The van der Waals surface area contributed by atoms with E-state index in [9.17, 15) is 9.18 Å². The highest BCUT2D eigenvalue weighted by Crippen LogP contribution is 2.25. The first kappa shape index (κ1) is 17.6. The van der Waals surface area contributed by atoms with E-state index < -0.39 is 12.1 Å². The molecule has 0 saturated carbocycles. The molecule has 0 spiro atoms. The van der Waals surface area contributed by atoms with Crippen molar-refractivity contribution >= 4 is 5.97 Å². The summed E-state index contributed by atoms with van der Waals surface area (Å²) in [6.07, 6.45) is -0.751. The summed E-state index contributed by atoms with van der Waals surface area (Å²) in [5, 5.41) is 7.81. The second-order valence-electron chi connectivity index (χ2n) is 5.43. The molecule has 0 unspecified atom stereocenters. The smallest absolute Gasteiger partial charge is 0.342 e. The Kier molecular flexibility index (Phi) is 5.26. The minimum atomic E-state index is -0.751. The van der Waals surface area contributed by atoms with Crippen LogP contribution in [0.3, 0.4) is 0 Å². The molecule has 134 valence electrons. The standard InChI is InChI=1S/C19H17FN2O4/c1-3-24-16-7-5-4-6-15(16)19(23)25-12(2)17-21-22-18(26-17)13-8-10-14(20)11-9-13/h4-12H,3H2,1-2H3/t12-/m0/s1. The van der Waals surface area contributed by atoms with Crippen molar-refractivity contribution in [2.45, 2.75) is 20.0 Å². The fraction of sp³-hybridized carbons (Fsp3) is 0.211. The van der Waals surface area contributed by atoms with Crippen LogP contribution in [0.4, 0.5) is 4.39 Å². The van der Waals surface area contributed by atoms with Gasteiger partial charge in [0, 0.05) is 5.56 Å². The molecule has 0 bridgehead atoms. The lowest BCUT2D eigenvalue weighted by Crippen LogP contribution is -2.11. The van der Waals surface area contributed by atoms with Crippen LogP contribution < -0.4 is 4.74 Å². The van der Waals surface area contributed by atoms with Crippen molar-refractivity contribution in [2.75, 3.05) is 6.61 Å². The molecule has 3 rings (SSSR count). The maximum atomic E-state index is 13.0. The molecule has 1 atom stereocenters. The number of hydrogen-bond donors (Lipinski definition) is 0. The first-order valence-electron chi connectivity index (χ1n) is 8.10. The van der Waals surface area contributed by atoms with Gasteiger partial charge in [0.1, 0.15) is 17.1 Å². The number of para-hydroxylation sites is 1. The zero-order valence-electron chi connectivity index (χ0n) is 14.3. The Bertz CT molecular complexity index is 893. The van der Waals surface area contributed by atoms with E-state index in [2.05, 4.69) is 10.2 Å². The molecule has 0 saturated heterocycles. The van der Waals surface area contributed by atoms with Gasteiger partial charge in [0.2, 0.25) is 5.89 Å². The van der Waals surface area contributed by atoms with Crippen LogP contribution in [-0.4, -0.2) is 22.8 Å². The van der Waals surface area contributed by atoms with Gasteiger partial charge in [-0.2, -0.15) is 0 Å². The maximum absolute atomic E-state index is 13.0. The van der Waals surface area contributed by atoms with Gasteiger partial charge in [0.15, 0.2) is 6.10 Å². The first-order chi connectivity index (χ1) is 12.6. The number of rotatable bonds is 6. The van der Waals surface area contributed by atoms with E-state index in [1.807, 2.05) is 6.92 Å². The fourth-order valence-corrected chi connectivity index (χ4v) is 2.30. The molecule has 1 aromatic heterocycles. The number of carbonyl (C=O) groups is 1. The normalized spacial score (nSPS) is 11.8. The average Bonchev–Trinajstić information content (AvgIpc) is 3.13. The van der Waals surface area contributed by atoms with Crippen LogP contribution in [0.15, 0.2) is 52.9 Å². The van der Waals surface area contributed by atoms with Gasteiger partial charge in [-0.3, -0.25) is 0 Å². The Morgan fingerprint density at radius 1 is 1.15 bits per heavy atom. The van der Waals surface area contributed by atoms with Crippen molar-refractivity contribution in [3.8, 4) is 17.2 Å². The van der Waals surface area contributed by atoms with E-state index in [1.54, 1.807) is 31.2 Å². The van der Waals surface area contributed by atoms with Gasteiger partial charge in [0.05, 0.1) is 6.61 Å². The largest absolute Gasteiger partial charge is 0.493 e. The molecule has 0 radical (unpaired) electrons. The second kappa shape index (κ2) is 7.77. The lowest BCUT2D eigenvalue weighted by Gasteiger charge is -2.12. The Balaban J connectivity index is 1.73. The Morgan fingerprint density at radius 3 is 2.62 bits per heavy atom. The Labute approximate surface area is 149 Å². The number of carbonyl (C=O) groups excluding carboxylic acids is 1. The summed E-state index contributed by atoms with van der Waals surface area (Å²) in [5.74, 6) is -0.0965. The van der Waals surface area contributed by atoms with Crippen molar-refractivity contribution in [3.63, 3.8) is 0 Å². The number of nitrogens with zero attached hydrogens (tertiary/aromatic N) is 2. The predicted octanol–water partition coefficient (Wildman–Crippen LogP) is 4.19. The third kappa shape index (κ3) is 3.88. The fourth-order valence-electron chi connectivity index (χ4n) is 2.30. The molecule has 7 heteroatoms. The van der Waals surface area contributed by atoms with E-state index in [0.717, 1.165) is 0 Å². The highest BCUT2D eigenvalue weighted by Gasteiger charge is 2.22. The molecule has 3 aromatic rings. The highest BCUT2D eigenvalue weighted by atomic mass is 19.1. The molecule has 26 heavy (non-hydrogen) atoms. The minimum Gasteiger partial charge on any atom is -0.493 e. The summed E-state index contributed by atoms with van der Waals surface area (Å²) in [4.78, 5) is 12.4. The predicted molar refractivity (Wildman–Crippen MR) is 91.1 cm³/mol. The zero-order valence-corrected chi connectivity index (χ0v) is 14.3. The first-order valence-corrected chi connectivity index (χ1v) is 8.10. The van der Waals surface area contributed by atoms with Gasteiger partial charge in [-0.1, -0.05) is 12.1 Å². The van der Waals surface area contributed by atoms with Gasteiger partial charge < -0.3 is 13.9 Å². The summed E-state index contributed by atoms with van der Waals surface area (Å²) in [5.41, 5.74) is 0.893. The van der Waals surface area contributed by atoms with E-state index >= 15 is 0 Å². The van der Waals surface area contributed by atoms with E-state index in [4.69, 9.17) is 13.9 Å². The zero-order chi connectivity index (χ0) is 18.5. The number of halogens is 1. The summed E-state index contributed by atoms with van der Waals surface area (Å²) in [6.45, 7) is 3.90. The molecule has 0 aliphatic carbocycles. The van der Waals surface area contributed by atoms with Crippen LogP contribution in [0.2, 0.25) is 0 Å². The summed E-state index contributed by atoms with van der Waals surface area (Å²) < 4.78 is 29.4. The Morgan fingerprint density at radius 2 is 1.88 bits per heavy atom. The Hall–Kier alpha value is -3.22. The molecule has 0 amide bonds. The van der Waals surface area contributed by atoms with Crippen LogP contribution in [0.5, 0.6) is 5.75 Å². The molecule has 0 fully saturated rings. The van der Waals surface area contributed by atoms with Gasteiger partial charge in [-0.15, -0.1) is 10.2 Å². The van der Waals surface area contributed by atoms with Crippen molar-refractivity contribution in [3.05, 3.63) is 65.8 Å². The third-order valence-electron chi connectivity index (χ3n) is 3.57. The van der Waals surface area contributed by atoms with Crippen LogP contribution in [-0.2, 0) is 4.74 Å².